The van der Waals surface area contributed by atoms with E-state index in [9.17, 15) is 14.7 Å². The Morgan fingerprint density at radius 2 is 2.00 bits per heavy atom. The highest BCUT2D eigenvalue weighted by molar-refractivity contribution is 6.01. The Bertz CT molecular complexity index is 513. The Kier molecular flexibility index (Phi) is 3.57. The molecule has 5 heteroatoms. The van der Waals surface area contributed by atoms with Gasteiger partial charge < -0.3 is 15.7 Å². The first kappa shape index (κ1) is 13.5. The maximum absolute atomic E-state index is 12.3. The number of nitrogens with two attached hydrogens (primary N) is 1. The van der Waals surface area contributed by atoms with Gasteiger partial charge in [-0.15, -0.1) is 0 Å². The first-order chi connectivity index (χ1) is 8.93. The summed E-state index contributed by atoms with van der Waals surface area (Å²) in [6, 6.07) is 6.49. The van der Waals surface area contributed by atoms with Crippen molar-refractivity contribution < 1.29 is 14.7 Å². The molecule has 0 spiro atoms. The smallest absolute Gasteiger partial charge is 0.312 e. The molecule has 0 aromatic heterocycles. The normalized spacial score (nSPS) is 19.4. The zero-order chi connectivity index (χ0) is 14.2. The molecule has 0 saturated carbocycles. The molecule has 2 rings (SSSR count). The molecule has 1 heterocycles. The first-order valence-electron chi connectivity index (χ1n) is 6.32. The SMILES string of the molecule is CC(C)C(N)C(=O)N1CC(C(=O)O)c2ccccc21. The van der Waals surface area contributed by atoms with Crippen molar-refractivity contribution in [2.75, 3.05) is 11.4 Å². The van der Waals surface area contributed by atoms with Crippen molar-refractivity contribution in [3.8, 4) is 0 Å². The van der Waals surface area contributed by atoms with Crippen LogP contribution in [0.3, 0.4) is 0 Å². The van der Waals surface area contributed by atoms with E-state index in [1.807, 2.05) is 13.8 Å². The zero-order valence-electron chi connectivity index (χ0n) is 11.0. The summed E-state index contributed by atoms with van der Waals surface area (Å²) < 4.78 is 0. The molecule has 1 aromatic rings. The second kappa shape index (κ2) is 5.01. The van der Waals surface area contributed by atoms with E-state index in [-0.39, 0.29) is 18.4 Å². The molecule has 1 aliphatic heterocycles. The van der Waals surface area contributed by atoms with E-state index >= 15 is 0 Å². The number of amides is 1. The summed E-state index contributed by atoms with van der Waals surface area (Å²) >= 11 is 0. The van der Waals surface area contributed by atoms with Crippen LogP contribution in [0.5, 0.6) is 0 Å². The molecule has 0 fully saturated rings. The van der Waals surface area contributed by atoms with Crippen molar-refractivity contribution in [2.24, 2.45) is 11.7 Å². The van der Waals surface area contributed by atoms with Crippen LogP contribution in [0, 0.1) is 5.92 Å². The van der Waals surface area contributed by atoms with Crippen molar-refractivity contribution in [3.05, 3.63) is 29.8 Å². The third-order valence-electron chi connectivity index (χ3n) is 3.54. The highest BCUT2D eigenvalue weighted by Crippen LogP contribution is 2.36. The van der Waals surface area contributed by atoms with E-state index in [1.54, 1.807) is 24.3 Å². The lowest BCUT2D eigenvalue weighted by molar-refractivity contribution is -0.138. The number of nitrogens with zero attached hydrogens (tertiary/aromatic N) is 1. The zero-order valence-corrected chi connectivity index (χ0v) is 11.0. The number of fused-ring (bicyclic) bond motifs is 1. The van der Waals surface area contributed by atoms with Gasteiger partial charge >= 0.3 is 5.97 Å². The summed E-state index contributed by atoms with van der Waals surface area (Å²) in [6.07, 6.45) is 0. The lowest BCUT2D eigenvalue weighted by Crippen LogP contribution is -2.46. The van der Waals surface area contributed by atoms with Crippen LogP contribution in [0.2, 0.25) is 0 Å². The largest absolute Gasteiger partial charge is 0.481 e. The number of rotatable bonds is 3. The lowest BCUT2D eigenvalue weighted by atomic mass is 10.0. The molecule has 19 heavy (non-hydrogen) atoms. The minimum absolute atomic E-state index is 0.0172. The van der Waals surface area contributed by atoms with E-state index in [0.717, 1.165) is 0 Å². The molecule has 3 N–H and O–H groups in total. The van der Waals surface area contributed by atoms with Gasteiger partial charge in [-0.3, -0.25) is 9.59 Å². The number of hydrogen-bond donors (Lipinski definition) is 2. The van der Waals surface area contributed by atoms with Gasteiger partial charge in [0.15, 0.2) is 0 Å². The van der Waals surface area contributed by atoms with Crippen LogP contribution < -0.4 is 10.6 Å². The molecule has 1 aliphatic rings. The monoisotopic (exact) mass is 262 g/mol. The maximum Gasteiger partial charge on any atom is 0.312 e. The predicted octanol–water partition coefficient (Wildman–Crippen LogP) is 1.18. The number of para-hydroxylation sites is 1. The van der Waals surface area contributed by atoms with E-state index in [2.05, 4.69) is 0 Å². The predicted molar refractivity (Wildman–Crippen MR) is 72.0 cm³/mol. The van der Waals surface area contributed by atoms with Gasteiger partial charge in [0.05, 0.1) is 6.04 Å². The molecule has 1 aromatic carbocycles. The standard InChI is InChI=1S/C14H18N2O3/c1-8(2)12(15)13(17)16-7-10(14(18)19)9-5-3-4-6-11(9)16/h3-6,8,10,12H,7,15H2,1-2H3,(H,18,19). The second-order valence-corrected chi connectivity index (χ2v) is 5.17. The average Bonchev–Trinajstić information content (AvgIpc) is 2.76. The third-order valence-corrected chi connectivity index (χ3v) is 3.54. The number of carbonyl (C=O) groups is 2. The molecule has 102 valence electrons. The number of anilines is 1. The van der Waals surface area contributed by atoms with Crippen LogP contribution in [-0.4, -0.2) is 29.6 Å². The first-order valence-corrected chi connectivity index (χ1v) is 6.32. The molecular formula is C14H18N2O3. The number of carboxylic acids is 1. The molecule has 5 nitrogen and oxygen atoms in total. The second-order valence-electron chi connectivity index (χ2n) is 5.17. The Morgan fingerprint density at radius 1 is 1.37 bits per heavy atom. The van der Waals surface area contributed by atoms with Crippen LogP contribution in [0.25, 0.3) is 0 Å². The molecule has 2 unspecified atom stereocenters. The van der Waals surface area contributed by atoms with Gasteiger partial charge in [-0.2, -0.15) is 0 Å². The van der Waals surface area contributed by atoms with Gasteiger partial charge in [-0.25, -0.2) is 0 Å². The summed E-state index contributed by atoms with van der Waals surface area (Å²) in [5.41, 5.74) is 7.22. The topological polar surface area (TPSA) is 83.6 Å². The van der Waals surface area contributed by atoms with Crippen LogP contribution in [0.1, 0.15) is 25.3 Å². The van der Waals surface area contributed by atoms with E-state index in [1.165, 1.54) is 4.90 Å². The number of carboxylic acid groups (broad SMARTS) is 1. The van der Waals surface area contributed by atoms with Crippen LogP contribution in [0.4, 0.5) is 5.69 Å². The molecule has 2 atom stereocenters. The third kappa shape index (κ3) is 2.33. The Hall–Kier alpha value is -1.88. The number of aliphatic carboxylic acids is 1. The highest BCUT2D eigenvalue weighted by atomic mass is 16.4. The fourth-order valence-corrected chi connectivity index (χ4v) is 2.29. The van der Waals surface area contributed by atoms with E-state index in [0.29, 0.717) is 11.3 Å². The van der Waals surface area contributed by atoms with Gasteiger partial charge in [0.2, 0.25) is 5.91 Å². The molecule has 0 radical (unpaired) electrons. The van der Waals surface area contributed by atoms with Crippen molar-refractivity contribution >= 4 is 17.6 Å². The number of hydrogen-bond acceptors (Lipinski definition) is 3. The summed E-state index contributed by atoms with van der Waals surface area (Å²) in [7, 11) is 0. The van der Waals surface area contributed by atoms with Crippen molar-refractivity contribution in [3.63, 3.8) is 0 Å². The summed E-state index contributed by atoms with van der Waals surface area (Å²) in [6.45, 7) is 3.91. The summed E-state index contributed by atoms with van der Waals surface area (Å²) in [5.74, 6) is -1.78. The quantitative estimate of drug-likeness (QED) is 0.857. The van der Waals surface area contributed by atoms with E-state index in [4.69, 9.17) is 5.73 Å². The van der Waals surface area contributed by atoms with Crippen LogP contribution in [-0.2, 0) is 9.59 Å². The van der Waals surface area contributed by atoms with Gasteiger partial charge in [0.25, 0.3) is 0 Å². The minimum Gasteiger partial charge on any atom is -0.481 e. The maximum atomic E-state index is 12.3. The van der Waals surface area contributed by atoms with Gasteiger partial charge in [0, 0.05) is 12.2 Å². The Balaban J connectivity index is 2.35. The summed E-state index contributed by atoms with van der Waals surface area (Å²) in [4.78, 5) is 25.1. The van der Waals surface area contributed by atoms with Gasteiger partial charge in [-0.1, -0.05) is 32.0 Å². The Morgan fingerprint density at radius 3 is 2.58 bits per heavy atom. The Labute approximate surface area is 112 Å². The highest BCUT2D eigenvalue weighted by Gasteiger charge is 2.38. The minimum atomic E-state index is -0.916. The van der Waals surface area contributed by atoms with Gasteiger partial charge in [0.1, 0.15) is 5.92 Å². The molecule has 1 amide bonds. The van der Waals surface area contributed by atoms with E-state index < -0.39 is 17.9 Å². The molecular weight excluding hydrogens is 244 g/mol. The average molecular weight is 262 g/mol. The van der Waals surface area contributed by atoms with Crippen molar-refractivity contribution in [1.82, 2.24) is 0 Å². The fraction of sp³-hybridized carbons (Fsp3) is 0.429. The van der Waals surface area contributed by atoms with Crippen LogP contribution in [0.15, 0.2) is 24.3 Å². The van der Waals surface area contributed by atoms with Crippen molar-refractivity contribution in [2.45, 2.75) is 25.8 Å². The molecule has 0 saturated heterocycles. The molecule has 0 bridgehead atoms. The molecule has 0 aliphatic carbocycles. The fourth-order valence-electron chi connectivity index (χ4n) is 2.29. The number of benzene rings is 1. The number of carbonyl (C=O) groups excluding carboxylic acids is 1. The van der Waals surface area contributed by atoms with Crippen molar-refractivity contribution in [1.29, 1.82) is 0 Å². The summed E-state index contributed by atoms with van der Waals surface area (Å²) in [5, 5.41) is 9.24. The van der Waals surface area contributed by atoms with Gasteiger partial charge in [-0.05, 0) is 17.5 Å². The lowest BCUT2D eigenvalue weighted by Gasteiger charge is -2.23. The van der Waals surface area contributed by atoms with Crippen LogP contribution >= 0.6 is 0 Å².